The van der Waals surface area contributed by atoms with Crippen LogP contribution in [-0.2, 0) is 0 Å². The largest absolute Gasteiger partial charge is 0.494 e. The van der Waals surface area contributed by atoms with E-state index in [1.165, 1.54) is 63.4 Å². The molecule has 3 rings (SSSR count). The Morgan fingerprint density at radius 1 is 1.00 bits per heavy atom. The molecule has 0 radical (unpaired) electrons. The SMILES string of the molecule is C/C=C(\C=C(/C)N)NC.CCOc1ccc(C2CCC(C3CCCCC3)CC2)cc1. The zero-order valence-electron chi connectivity index (χ0n) is 19.8. The highest BCUT2D eigenvalue weighted by Gasteiger charge is 2.28. The minimum Gasteiger partial charge on any atom is -0.494 e. The van der Waals surface area contributed by atoms with Gasteiger partial charge >= 0.3 is 0 Å². The second-order valence-electron chi connectivity index (χ2n) is 8.89. The van der Waals surface area contributed by atoms with Gasteiger partial charge in [0.25, 0.3) is 0 Å². The van der Waals surface area contributed by atoms with Gasteiger partial charge in [0.15, 0.2) is 0 Å². The van der Waals surface area contributed by atoms with E-state index in [0.29, 0.717) is 0 Å². The van der Waals surface area contributed by atoms with Crippen LogP contribution in [0.2, 0.25) is 0 Å². The van der Waals surface area contributed by atoms with E-state index in [9.17, 15) is 0 Å². The van der Waals surface area contributed by atoms with Gasteiger partial charge in [0.2, 0.25) is 0 Å². The van der Waals surface area contributed by atoms with Gasteiger partial charge in [-0.25, -0.2) is 0 Å². The van der Waals surface area contributed by atoms with Gasteiger partial charge in [0.1, 0.15) is 5.75 Å². The standard InChI is InChI=1S/C20H30O.C7H14N2/c1-2-21-20-14-12-19(13-15-20)18-10-8-17(9-11-18)16-6-4-3-5-7-16;1-4-7(9-3)5-6(2)8/h12-18H,2-11H2,1H3;4-5,9H,8H2,1-3H3/b;6-5+,7-4+. The number of nitrogens with two attached hydrogens (primary N) is 1. The Balaban J connectivity index is 0.000000303. The van der Waals surface area contributed by atoms with Crippen LogP contribution in [-0.4, -0.2) is 13.7 Å². The lowest BCUT2D eigenvalue weighted by atomic mass is 9.70. The molecule has 2 fully saturated rings. The fraction of sp³-hybridized carbons (Fsp3) is 0.630. The van der Waals surface area contributed by atoms with E-state index >= 15 is 0 Å². The minimum absolute atomic E-state index is 0.756. The van der Waals surface area contributed by atoms with Crippen molar-refractivity contribution >= 4 is 0 Å². The highest BCUT2D eigenvalue weighted by molar-refractivity contribution is 5.29. The number of hydrogen-bond donors (Lipinski definition) is 2. The molecule has 1 aromatic carbocycles. The number of hydrogen-bond acceptors (Lipinski definition) is 3. The quantitative estimate of drug-likeness (QED) is 0.499. The van der Waals surface area contributed by atoms with Crippen molar-refractivity contribution in [3.05, 3.63) is 53.4 Å². The third-order valence-corrected chi connectivity index (χ3v) is 6.73. The molecule has 0 saturated heterocycles. The van der Waals surface area contributed by atoms with E-state index in [1.807, 2.05) is 40.0 Å². The normalized spacial score (nSPS) is 23.3. The summed E-state index contributed by atoms with van der Waals surface area (Å²) in [5.41, 5.74) is 8.82. The molecule has 2 aliphatic rings. The molecule has 3 heteroatoms. The third kappa shape index (κ3) is 8.08. The van der Waals surface area contributed by atoms with Gasteiger partial charge in [0, 0.05) is 18.4 Å². The van der Waals surface area contributed by atoms with E-state index in [1.54, 1.807) is 0 Å². The zero-order valence-corrected chi connectivity index (χ0v) is 19.8. The summed E-state index contributed by atoms with van der Waals surface area (Å²) in [5.74, 6) is 3.89. The van der Waals surface area contributed by atoms with Crippen LogP contribution in [0.4, 0.5) is 0 Å². The van der Waals surface area contributed by atoms with Crippen LogP contribution in [0.25, 0.3) is 0 Å². The van der Waals surface area contributed by atoms with Crippen LogP contribution in [0.1, 0.15) is 90.0 Å². The molecule has 0 unspecified atom stereocenters. The average molecular weight is 413 g/mol. The fourth-order valence-corrected chi connectivity index (χ4v) is 5.08. The molecule has 0 atom stereocenters. The molecule has 2 saturated carbocycles. The second kappa shape index (κ2) is 13.4. The summed E-state index contributed by atoms with van der Waals surface area (Å²) in [6.07, 6.45) is 17.1. The van der Waals surface area contributed by atoms with Gasteiger partial charge in [-0.2, -0.15) is 0 Å². The number of likely N-dealkylation sites (N-methyl/N-ethyl adjacent to an activating group) is 1. The number of ether oxygens (including phenoxy) is 1. The van der Waals surface area contributed by atoms with Gasteiger partial charge in [0.05, 0.1) is 6.61 Å². The van der Waals surface area contributed by atoms with E-state index in [-0.39, 0.29) is 0 Å². The van der Waals surface area contributed by atoms with Crippen molar-refractivity contribution < 1.29 is 4.74 Å². The molecule has 1 aromatic rings. The molecule has 2 aliphatic carbocycles. The summed E-state index contributed by atoms with van der Waals surface area (Å²) in [5, 5.41) is 2.99. The molecular weight excluding hydrogens is 368 g/mol. The number of rotatable bonds is 6. The van der Waals surface area contributed by atoms with Gasteiger partial charge in [-0.15, -0.1) is 0 Å². The Labute approximate surface area is 185 Å². The molecule has 0 spiro atoms. The highest BCUT2D eigenvalue weighted by Crippen LogP contribution is 2.43. The second-order valence-corrected chi connectivity index (χ2v) is 8.89. The van der Waals surface area contributed by atoms with Gasteiger partial charge in [-0.05, 0) is 88.0 Å². The van der Waals surface area contributed by atoms with E-state index in [2.05, 4.69) is 29.6 Å². The Hall–Kier alpha value is -1.90. The number of nitrogens with one attached hydrogen (secondary N) is 1. The maximum Gasteiger partial charge on any atom is 0.119 e. The predicted octanol–water partition coefficient (Wildman–Crippen LogP) is 6.91. The molecule has 0 heterocycles. The third-order valence-electron chi connectivity index (χ3n) is 6.73. The summed E-state index contributed by atoms with van der Waals surface area (Å²) in [4.78, 5) is 0. The Morgan fingerprint density at radius 3 is 2.07 bits per heavy atom. The first kappa shape index (κ1) is 24.4. The summed E-state index contributed by atoms with van der Waals surface area (Å²) < 4.78 is 5.54. The summed E-state index contributed by atoms with van der Waals surface area (Å²) in [6, 6.07) is 8.87. The molecule has 30 heavy (non-hydrogen) atoms. The van der Waals surface area contributed by atoms with Crippen molar-refractivity contribution in [2.45, 2.75) is 84.5 Å². The molecule has 0 aromatic heterocycles. The van der Waals surface area contributed by atoms with Gasteiger partial charge in [-0.1, -0.05) is 50.3 Å². The number of benzene rings is 1. The van der Waals surface area contributed by atoms with Crippen molar-refractivity contribution in [1.29, 1.82) is 0 Å². The summed E-state index contributed by atoms with van der Waals surface area (Å²) in [6.45, 7) is 6.62. The van der Waals surface area contributed by atoms with Crippen LogP contribution in [0, 0.1) is 11.8 Å². The zero-order chi connectivity index (χ0) is 21.8. The van der Waals surface area contributed by atoms with E-state index < -0.39 is 0 Å². The Bertz CT molecular complexity index is 644. The minimum atomic E-state index is 0.756. The van der Waals surface area contributed by atoms with Gasteiger partial charge < -0.3 is 15.8 Å². The topological polar surface area (TPSA) is 47.3 Å². The number of allylic oxidation sites excluding steroid dienone is 3. The van der Waals surface area contributed by atoms with Crippen LogP contribution >= 0.6 is 0 Å². The molecule has 168 valence electrons. The van der Waals surface area contributed by atoms with Gasteiger partial charge in [-0.3, -0.25) is 0 Å². The first-order valence-electron chi connectivity index (χ1n) is 12.1. The van der Waals surface area contributed by atoms with Crippen LogP contribution in [0.5, 0.6) is 5.75 Å². The first-order valence-corrected chi connectivity index (χ1v) is 12.1. The molecule has 3 N–H and O–H groups in total. The van der Waals surface area contributed by atoms with E-state index in [0.717, 1.165) is 41.5 Å². The lowest BCUT2D eigenvalue weighted by Gasteiger charge is -2.36. The maximum absolute atomic E-state index is 5.54. The molecular formula is C27H44N2O. The van der Waals surface area contributed by atoms with Crippen molar-refractivity contribution in [1.82, 2.24) is 5.32 Å². The summed E-state index contributed by atoms with van der Waals surface area (Å²) >= 11 is 0. The van der Waals surface area contributed by atoms with Crippen molar-refractivity contribution in [2.24, 2.45) is 17.6 Å². The summed E-state index contributed by atoms with van der Waals surface area (Å²) in [7, 11) is 1.87. The molecule has 0 aliphatic heterocycles. The molecule has 0 bridgehead atoms. The fourth-order valence-electron chi connectivity index (χ4n) is 5.08. The van der Waals surface area contributed by atoms with Crippen molar-refractivity contribution in [3.63, 3.8) is 0 Å². The average Bonchev–Trinajstić information content (AvgIpc) is 2.79. The van der Waals surface area contributed by atoms with Crippen LogP contribution < -0.4 is 15.8 Å². The first-order chi connectivity index (χ1) is 14.6. The predicted molar refractivity (Wildman–Crippen MR) is 130 cm³/mol. The monoisotopic (exact) mass is 412 g/mol. The van der Waals surface area contributed by atoms with Crippen LogP contribution in [0.15, 0.2) is 47.8 Å². The smallest absolute Gasteiger partial charge is 0.119 e. The maximum atomic E-state index is 5.54. The molecule has 3 nitrogen and oxygen atoms in total. The van der Waals surface area contributed by atoms with E-state index in [4.69, 9.17) is 10.5 Å². The van der Waals surface area contributed by atoms with Crippen molar-refractivity contribution in [3.8, 4) is 5.75 Å². The lowest BCUT2D eigenvalue weighted by Crippen LogP contribution is -2.23. The molecule has 0 amide bonds. The lowest BCUT2D eigenvalue weighted by molar-refractivity contribution is 0.186. The Kier molecular flexibility index (Phi) is 10.9. The highest BCUT2D eigenvalue weighted by atomic mass is 16.5. The van der Waals surface area contributed by atoms with Crippen molar-refractivity contribution in [2.75, 3.05) is 13.7 Å². The van der Waals surface area contributed by atoms with Crippen LogP contribution in [0.3, 0.4) is 0 Å². The Morgan fingerprint density at radius 2 is 1.60 bits per heavy atom.